The first kappa shape index (κ1) is 37.2. The molecule has 2 saturated heterocycles. The zero-order valence-electron chi connectivity index (χ0n) is 31.1. The van der Waals surface area contributed by atoms with Crippen molar-refractivity contribution in [2.24, 2.45) is 0 Å². The Hall–Kier alpha value is -5.11. The molecule has 2 aliphatic heterocycles. The van der Waals surface area contributed by atoms with E-state index in [0.717, 1.165) is 97.3 Å². The Balaban J connectivity index is 1.04. The number of fused-ring (bicyclic) bond motifs is 1. The van der Waals surface area contributed by atoms with Crippen LogP contribution in [0.5, 0.6) is 0 Å². The Labute approximate surface area is 314 Å². The number of aromatic nitrogens is 3. The number of amides is 1. The van der Waals surface area contributed by atoms with E-state index in [2.05, 4.69) is 49.3 Å². The molecule has 0 aliphatic carbocycles. The number of piperazine rings is 1. The van der Waals surface area contributed by atoms with Gasteiger partial charge in [-0.2, -0.15) is 13.2 Å². The van der Waals surface area contributed by atoms with Crippen molar-refractivity contribution < 1.29 is 18.0 Å². The Morgan fingerprint density at radius 3 is 2.35 bits per heavy atom. The van der Waals surface area contributed by atoms with Crippen molar-refractivity contribution in [1.82, 2.24) is 29.7 Å². The molecule has 4 heterocycles. The normalized spacial score (nSPS) is 16.3. The first-order chi connectivity index (χ1) is 25.9. The van der Waals surface area contributed by atoms with Gasteiger partial charge in [-0.25, -0.2) is 15.0 Å². The highest BCUT2D eigenvalue weighted by Gasteiger charge is 2.32. The molecule has 54 heavy (non-hydrogen) atoms. The van der Waals surface area contributed by atoms with Crippen LogP contribution in [0.3, 0.4) is 0 Å². The average Bonchev–Trinajstić information content (AvgIpc) is 3.16. The van der Waals surface area contributed by atoms with E-state index in [4.69, 9.17) is 9.97 Å². The molecule has 2 aliphatic rings. The molecule has 3 aromatic carbocycles. The maximum Gasteiger partial charge on any atom is 0.416 e. The minimum absolute atomic E-state index is 0.111. The van der Waals surface area contributed by atoms with Crippen molar-refractivity contribution in [3.8, 4) is 11.1 Å². The highest BCUT2D eigenvalue weighted by Crippen LogP contribution is 2.33. The first-order valence-electron chi connectivity index (χ1n) is 18.3. The fourth-order valence-corrected chi connectivity index (χ4v) is 7.26. The van der Waals surface area contributed by atoms with Crippen LogP contribution >= 0.6 is 0 Å². The number of pyridine rings is 1. The van der Waals surface area contributed by atoms with Gasteiger partial charge in [0, 0.05) is 74.7 Å². The number of anilines is 4. The molecule has 0 bridgehead atoms. The maximum absolute atomic E-state index is 13.9. The lowest BCUT2D eigenvalue weighted by Gasteiger charge is -2.35. The van der Waals surface area contributed by atoms with Crippen LogP contribution in [0.15, 0.2) is 79.1 Å². The predicted octanol–water partition coefficient (Wildman–Crippen LogP) is 7.29. The first-order valence-corrected chi connectivity index (χ1v) is 18.3. The maximum atomic E-state index is 13.9. The molecule has 0 radical (unpaired) electrons. The fraction of sp³-hybridized carbons (Fsp3) is 0.366. The van der Waals surface area contributed by atoms with Crippen LogP contribution in [0.1, 0.15) is 39.9 Å². The molecule has 1 amide bonds. The lowest BCUT2D eigenvalue weighted by Crippen LogP contribution is -2.43. The van der Waals surface area contributed by atoms with Crippen LogP contribution in [-0.2, 0) is 12.7 Å². The van der Waals surface area contributed by atoms with Crippen LogP contribution in [0, 0.1) is 6.92 Å². The Kier molecular flexibility index (Phi) is 10.8. The van der Waals surface area contributed by atoms with Gasteiger partial charge in [0.15, 0.2) is 0 Å². The molecule has 10 nitrogen and oxygen atoms in total. The highest BCUT2D eigenvalue weighted by atomic mass is 19.4. The lowest BCUT2D eigenvalue weighted by atomic mass is 9.99. The molecule has 0 unspecified atom stereocenters. The van der Waals surface area contributed by atoms with Gasteiger partial charge in [-0.15, -0.1) is 0 Å². The van der Waals surface area contributed by atoms with Crippen molar-refractivity contribution in [3.05, 3.63) is 101 Å². The van der Waals surface area contributed by atoms with Crippen molar-refractivity contribution >= 4 is 40.0 Å². The van der Waals surface area contributed by atoms with Crippen molar-refractivity contribution in [2.45, 2.75) is 38.5 Å². The van der Waals surface area contributed by atoms with Crippen molar-refractivity contribution in [1.29, 1.82) is 0 Å². The number of halogens is 3. The second-order valence-corrected chi connectivity index (χ2v) is 14.7. The summed E-state index contributed by atoms with van der Waals surface area (Å²) >= 11 is 0. The van der Waals surface area contributed by atoms with Crippen LogP contribution in [-0.4, -0.2) is 102 Å². The zero-order chi connectivity index (χ0) is 38.0. The van der Waals surface area contributed by atoms with Crippen LogP contribution in [0.2, 0.25) is 0 Å². The van der Waals surface area contributed by atoms with Crippen LogP contribution in [0.25, 0.3) is 22.0 Å². The molecule has 2 fully saturated rings. The largest absolute Gasteiger partial charge is 0.416 e. The van der Waals surface area contributed by atoms with E-state index in [1.807, 2.05) is 44.3 Å². The van der Waals surface area contributed by atoms with Gasteiger partial charge in [-0.05, 0) is 118 Å². The SMILES string of the molecule is Cc1cc(-c2cccc(C(=O)Nc3cc(CN4CCN(C)CC4)cc(C(F)(F)F)c3)c2)cc2cnc(Nc3ccc(N4CCC(N(C)C)CC4)nc3)nc12. The number of rotatable bonds is 9. The molecule has 2 aromatic heterocycles. The monoisotopic (exact) mass is 737 g/mol. The van der Waals surface area contributed by atoms with Crippen molar-refractivity contribution in [3.63, 3.8) is 0 Å². The molecule has 0 saturated carbocycles. The van der Waals surface area contributed by atoms with Gasteiger partial charge in [0.2, 0.25) is 5.95 Å². The number of piperidine rings is 1. The number of aryl methyl sites for hydroxylation is 1. The van der Waals surface area contributed by atoms with E-state index in [0.29, 0.717) is 29.7 Å². The average molecular weight is 738 g/mol. The van der Waals surface area contributed by atoms with E-state index in [1.54, 1.807) is 36.7 Å². The third-order valence-electron chi connectivity index (χ3n) is 10.4. The smallest absolute Gasteiger partial charge is 0.357 e. The topological polar surface area (TPSA) is 92.8 Å². The van der Waals surface area contributed by atoms with Crippen LogP contribution in [0.4, 0.5) is 36.3 Å². The van der Waals surface area contributed by atoms with Gasteiger partial charge in [-0.3, -0.25) is 9.69 Å². The van der Waals surface area contributed by atoms with Gasteiger partial charge in [0.05, 0.1) is 23.0 Å². The Bertz CT molecular complexity index is 2110. The van der Waals surface area contributed by atoms with Crippen molar-refractivity contribution in [2.75, 3.05) is 75.9 Å². The number of nitrogens with one attached hydrogen (secondary N) is 2. The second-order valence-electron chi connectivity index (χ2n) is 14.7. The van der Waals surface area contributed by atoms with Gasteiger partial charge < -0.3 is 25.3 Å². The number of nitrogens with zero attached hydrogens (tertiary/aromatic N) is 7. The van der Waals surface area contributed by atoms with Gasteiger partial charge in [-0.1, -0.05) is 12.1 Å². The minimum Gasteiger partial charge on any atom is -0.357 e. The molecule has 7 rings (SSSR count). The molecule has 2 N–H and O–H groups in total. The number of carbonyl (C=O) groups excluding carboxylic acids is 1. The molecular weight excluding hydrogens is 692 g/mol. The second kappa shape index (κ2) is 15.7. The standard InChI is InChI=1S/C41H46F3N9O/c1-27-18-31(22-32-24-46-40(49-38(27)32)48-34-8-9-37(45-25-34)53-12-10-36(11-13-53)50(2)3)29-6-5-7-30(21-29)39(54)47-35-20-28(19-33(23-35)41(42,43)44)26-52-16-14-51(4)15-17-52/h5-9,18-25,36H,10-17,26H2,1-4H3,(H,47,54)(H,46,48,49). The summed E-state index contributed by atoms with van der Waals surface area (Å²) in [6.45, 7) is 7.55. The van der Waals surface area contributed by atoms with Gasteiger partial charge in [0.25, 0.3) is 5.91 Å². The Morgan fingerprint density at radius 1 is 0.870 bits per heavy atom. The molecule has 0 spiro atoms. The summed E-state index contributed by atoms with van der Waals surface area (Å²) in [4.78, 5) is 36.4. The summed E-state index contributed by atoms with van der Waals surface area (Å²) in [7, 11) is 6.30. The number of carbonyl (C=O) groups is 1. The molecule has 0 atom stereocenters. The zero-order valence-corrected chi connectivity index (χ0v) is 31.1. The quantitative estimate of drug-likeness (QED) is 0.162. The Morgan fingerprint density at radius 2 is 1.65 bits per heavy atom. The summed E-state index contributed by atoms with van der Waals surface area (Å²) < 4.78 is 41.7. The molecular formula is C41H46F3N9O. The summed E-state index contributed by atoms with van der Waals surface area (Å²) in [5, 5.41) is 6.83. The summed E-state index contributed by atoms with van der Waals surface area (Å²) in [5.41, 5.74) is 4.31. The van der Waals surface area contributed by atoms with Gasteiger partial charge >= 0.3 is 6.18 Å². The number of likely N-dealkylation sites (N-methyl/N-ethyl adjacent to an activating group) is 1. The third-order valence-corrected chi connectivity index (χ3v) is 10.4. The number of alkyl halides is 3. The fourth-order valence-electron chi connectivity index (χ4n) is 7.26. The highest BCUT2D eigenvalue weighted by molar-refractivity contribution is 6.05. The van der Waals surface area contributed by atoms with E-state index in [1.165, 1.54) is 6.07 Å². The summed E-state index contributed by atoms with van der Waals surface area (Å²) in [6.07, 6.45) is 1.26. The van der Waals surface area contributed by atoms with E-state index < -0.39 is 17.6 Å². The van der Waals surface area contributed by atoms with Crippen LogP contribution < -0.4 is 15.5 Å². The van der Waals surface area contributed by atoms with E-state index in [-0.39, 0.29) is 5.69 Å². The number of hydrogen-bond acceptors (Lipinski definition) is 9. The third kappa shape index (κ3) is 8.81. The molecule has 13 heteroatoms. The number of hydrogen-bond donors (Lipinski definition) is 2. The number of benzene rings is 3. The van der Waals surface area contributed by atoms with E-state index in [9.17, 15) is 18.0 Å². The van der Waals surface area contributed by atoms with E-state index >= 15 is 0 Å². The summed E-state index contributed by atoms with van der Waals surface area (Å²) in [5.74, 6) is 0.929. The lowest BCUT2D eigenvalue weighted by molar-refractivity contribution is -0.137. The molecule has 5 aromatic rings. The van der Waals surface area contributed by atoms with Gasteiger partial charge in [0.1, 0.15) is 5.82 Å². The predicted molar refractivity (Wildman–Crippen MR) is 208 cm³/mol. The minimum atomic E-state index is -4.54. The molecule has 282 valence electrons. The summed E-state index contributed by atoms with van der Waals surface area (Å²) in [6, 6.07) is 19.5.